The number of hydrogen-bond acceptors (Lipinski definition) is 2. The van der Waals surface area contributed by atoms with E-state index in [9.17, 15) is 0 Å². The summed E-state index contributed by atoms with van der Waals surface area (Å²) in [5.41, 5.74) is 8.59. The van der Waals surface area contributed by atoms with Gasteiger partial charge in [0.25, 0.3) is 0 Å². The molecule has 1 heterocycles. The Morgan fingerprint density at radius 2 is 1.79 bits per heavy atom. The molecule has 0 aliphatic rings. The van der Waals surface area contributed by atoms with Crippen LogP contribution >= 0.6 is 0 Å². The third-order valence-electron chi connectivity index (χ3n) is 3.05. The van der Waals surface area contributed by atoms with Crippen molar-refractivity contribution in [3.63, 3.8) is 0 Å². The highest BCUT2D eigenvalue weighted by atomic mass is 14.7. The summed E-state index contributed by atoms with van der Waals surface area (Å²) in [5.74, 6) is 0. The number of nitrogens with zero attached hydrogens (tertiary/aromatic N) is 1. The second kappa shape index (κ2) is 4.94. The van der Waals surface area contributed by atoms with Crippen molar-refractivity contribution in [2.75, 3.05) is 5.73 Å². The van der Waals surface area contributed by atoms with E-state index >= 15 is 0 Å². The van der Waals surface area contributed by atoms with Gasteiger partial charge in [0.2, 0.25) is 0 Å². The van der Waals surface area contributed by atoms with Crippen molar-refractivity contribution in [2.45, 2.75) is 0 Å². The van der Waals surface area contributed by atoms with Gasteiger partial charge in [-0.25, -0.2) is 0 Å². The van der Waals surface area contributed by atoms with Gasteiger partial charge in [-0.15, -0.1) is 0 Å². The number of pyridine rings is 1. The monoisotopic (exact) mass is 246 g/mol. The molecule has 0 aliphatic heterocycles. The van der Waals surface area contributed by atoms with Gasteiger partial charge in [-0.05, 0) is 35.2 Å². The number of aromatic nitrogens is 1. The summed E-state index contributed by atoms with van der Waals surface area (Å²) in [6.45, 7) is 0. The van der Waals surface area contributed by atoms with Crippen LogP contribution in [0.3, 0.4) is 0 Å². The van der Waals surface area contributed by atoms with Crippen molar-refractivity contribution in [3.8, 4) is 0 Å². The first-order valence-corrected chi connectivity index (χ1v) is 6.20. The highest BCUT2D eigenvalue weighted by Gasteiger charge is 1.97. The molecular formula is C17H14N2. The fourth-order valence-corrected chi connectivity index (χ4v) is 2.11. The predicted molar refractivity (Wildman–Crippen MR) is 81.5 cm³/mol. The summed E-state index contributed by atoms with van der Waals surface area (Å²) in [4.78, 5) is 4.43. The molecule has 0 aliphatic carbocycles. The number of anilines is 1. The average Bonchev–Trinajstić information content (AvgIpc) is 2.45. The SMILES string of the molecule is Nc1cccc(/C=C/c2nccc3ccccc23)c1. The van der Waals surface area contributed by atoms with Gasteiger partial charge < -0.3 is 5.73 Å². The van der Waals surface area contributed by atoms with Crippen molar-refractivity contribution < 1.29 is 0 Å². The fourth-order valence-electron chi connectivity index (χ4n) is 2.11. The molecule has 0 saturated carbocycles. The zero-order chi connectivity index (χ0) is 13.1. The van der Waals surface area contributed by atoms with Gasteiger partial charge in [0.1, 0.15) is 0 Å². The molecule has 2 aromatic carbocycles. The van der Waals surface area contributed by atoms with E-state index in [0.717, 1.165) is 22.3 Å². The summed E-state index contributed by atoms with van der Waals surface area (Å²) in [5, 5.41) is 2.36. The molecule has 2 heteroatoms. The lowest BCUT2D eigenvalue weighted by atomic mass is 10.1. The van der Waals surface area contributed by atoms with E-state index in [1.165, 1.54) is 5.39 Å². The Balaban J connectivity index is 2.02. The van der Waals surface area contributed by atoms with E-state index in [1.807, 2.05) is 60.8 Å². The summed E-state index contributed by atoms with van der Waals surface area (Å²) >= 11 is 0. The predicted octanol–water partition coefficient (Wildman–Crippen LogP) is 3.99. The van der Waals surface area contributed by atoms with E-state index in [2.05, 4.69) is 17.1 Å². The van der Waals surface area contributed by atoms with Crippen molar-refractivity contribution in [1.29, 1.82) is 0 Å². The Morgan fingerprint density at radius 3 is 2.68 bits per heavy atom. The molecule has 1 aromatic heterocycles. The van der Waals surface area contributed by atoms with Crippen LogP contribution in [0, 0.1) is 0 Å². The van der Waals surface area contributed by atoms with Gasteiger partial charge in [0.05, 0.1) is 5.69 Å². The second-order valence-corrected chi connectivity index (χ2v) is 4.42. The Morgan fingerprint density at radius 1 is 0.895 bits per heavy atom. The first-order chi connectivity index (χ1) is 9.33. The van der Waals surface area contributed by atoms with Crippen LogP contribution in [0.15, 0.2) is 60.8 Å². The van der Waals surface area contributed by atoms with E-state index in [1.54, 1.807) is 0 Å². The molecule has 2 nitrogen and oxygen atoms in total. The molecule has 2 N–H and O–H groups in total. The Bertz CT molecular complexity index is 740. The van der Waals surface area contributed by atoms with Crippen LogP contribution in [0.5, 0.6) is 0 Å². The zero-order valence-electron chi connectivity index (χ0n) is 10.5. The first kappa shape index (κ1) is 11.5. The van der Waals surface area contributed by atoms with E-state index in [-0.39, 0.29) is 0 Å². The molecule has 0 radical (unpaired) electrons. The lowest BCUT2D eigenvalue weighted by Gasteiger charge is -2.01. The summed E-state index contributed by atoms with van der Waals surface area (Å²) in [6.07, 6.45) is 5.89. The fraction of sp³-hybridized carbons (Fsp3) is 0. The van der Waals surface area contributed by atoms with E-state index in [4.69, 9.17) is 5.73 Å². The van der Waals surface area contributed by atoms with Crippen LogP contribution in [0.2, 0.25) is 0 Å². The lowest BCUT2D eigenvalue weighted by molar-refractivity contribution is 1.33. The molecule has 0 unspecified atom stereocenters. The molecular weight excluding hydrogens is 232 g/mol. The van der Waals surface area contributed by atoms with Gasteiger partial charge in [-0.2, -0.15) is 0 Å². The molecule has 0 bridgehead atoms. The maximum atomic E-state index is 5.77. The minimum atomic E-state index is 0.771. The molecule has 0 spiro atoms. The van der Waals surface area contributed by atoms with Gasteiger partial charge in [-0.1, -0.05) is 42.5 Å². The summed E-state index contributed by atoms with van der Waals surface area (Å²) in [6, 6.07) is 18.1. The van der Waals surface area contributed by atoms with Crippen molar-refractivity contribution in [3.05, 3.63) is 72.1 Å². The normalized spacial score (nSPS) is 11.2. The van der Waals surface area contributed by atoms with Gasteiger partial charge in [0, 0.05) is 17.3 Å². The van der Waals surface area contributed by atoms with Crippen LogP contribution < -0.4 is 5.73 Å². The number of hydrogen-bond donors (Lipinski definition) is 1. The molecule has 3 rings (SSSR count). The number of nitrogens with two attached hydrogens (primary N) is 1. The maximum absolute atomic E-state index is 5.77. The van der Waals surface area contributed by atoms with Crippen LogP contribution in [0.1, 0.15) is 11.3 Å². The van der Waals surface area contributed by atoms with E-state index < -0.39 is 0 Å². The molecule has 0 atom stereocenters. The molecule has 3 aromatic rings. The smallest absolute Gasteiger partial charge is 0.0708 e. The quantitative estimate of drug-likeness (QED) is 0.694. The number of rotatable bonds is 2. The third kappa shape index (κ3) is 2.47. The van der Waals surface area contributed by atoms with E-state index in [0.29, 0.717) is 0 Å². The second-order valence-electron chi connectivity index (χ2n) is 4.42. The van der Waals surface area contributed by atoms with Crippen LogP contribution in [0.25, 0.3) is 22.9 Å². The highest BCUT2D eigenvalue weighted by Crippen LogP contribution is 2.18. The molecule has 92 valence electrons. The van der Waals surface area contributed by atoms with Gasteiger partial charge in [-0.3, -0.25) is 4.98 Å². The molecule has 0 saturated heterocycles. The van der Waals surface area contributed by atoms with Crippen molar-refractivity contribution in [1.82, 2.24) is 4.98 Å². The highest BCUT2D eigenvalue weighted by molar-refractivity contribution is 5.91. The minimum Gasteiger partial charge on any atom is -0.399 e. The van der Waals surface area contributed by atoms with Crippen LogP contribution in [-0.2, 0) is 0 Å². The average molecular weight is 246 g/mol. The largest absolute Gasteiger partial charge is 0.399 e. The maximum Gasteiger partial charge on any atom is 0.0708 e. The van der Waals surface area contributed by atoms with Crippen LogP contribution in [-0.4, -0.2) is 4.98 Å². The number of fused-ring (bicyclic) bond motifs is 1. The Kier molecular flexibility index (Phi) is 2.99. The molecule has 19 heavy (non-hydrogen) atoms. The minimum absolute atomic E-state index is 0.771. The summed E-state index contributed by atoms with van der Waals surface area (Å²) in [7, 11) is 0. The van der Waals surface area contributed by atoms with Gasteiger partial charge >= 0.3 is 0 Å². The third-order valence-corrected chi connectivity index (χ3v) is 3.05. The van der Waals surface area contributed by atoms with Gasteiger partial charge in [0.15, 0.2) is 0 Å². The standard InChI is InChI=1S/C17H14N2/c18-15-6-3-4-13(12-15)8-9-17-16-7-2-1-5-14(16)10-11-19-17/h1-12H,18H2/b9-8+. The Hall–Kier alpha value is -2.61. The summed E-state index contributed by atoms with van der Waals surface area (Å²) < 4.78 is 0. The molecule has 0 fully saturated rings. The van der Waals surface area contributed by atoms with Crippen LogP contribution in [0.4, 0.5) is 5.69 Å². The zero-order valence-corrected chi connectivity index (χ0v) is 10.5. The molecule has 0 amide bonds. The number of benzene rings is 2. The van der Waals surface area contributed by atoms with Crippen molar-refractivity contribution in [2.24, 2.45) is 0 Å². The van der Waals surface area contributed by atoms with Crippen molar-refractivity contribution >= 4 is 28.6 Å². The topological polar surface area (TPSA) is 38.9 Å². The number of nitrogen functional groups attached to an aromatic ring is 1. The first-order valence-electron chi connectivity index (χ1n) is 6.20. The lowest BCUT2D eigenvalue weighted by Crippen LogP contribution is -1.85. The Labute approximate surface area is 112 Å².